The quantitative estimate of drug-likeness (QED) is 0.532. The molecule has 1 heterocycles. The Balaban J connectivity index is 2.30. The van der Waals surface area contributed by atoms with Crippen LogP contribution in [0.25, 0.3) is 0 Å². The summed E-state index contributed by atoms with van der Waals surface area (Å²) in [7, 11) is 1.73. The summed E-state index contributed by atoms with van der Waals surface area (Å²) in [6.07, 6.45) is 2.65. The molecular formula is C7H13O2. The summed E-state index contributed by atoms with van der Waals surface area (Å²) in [6.45, 7) is 3.89. The smallest absolute Gasteiger partial charge is 0.0842 e. The number of methoxy groups -OCH3 is 1. The third-order valence-corrected chi connectivity index (χ3v) is 1.71. The van der Waals surface area contributed by atoms with E-state index in [1.807, 2.05) is 13.5 Å². The minimum absolute atomic E-state index is 0.240. The molecule has 2 heteroatoms. The lowest BCUT2D eigenvalue weighted by Gasteiger charge is -2.26. The maximum atomic E-state index is 5.23. The fraction of sp³-hybridized carbons (Fsp3) is 0.857. The Hall–Kier alpha value is -0.0800. The van der Waals surface area contributed by atoms with E-state index in [1.54, 1.807) is 7.11 Å². The summed E-state index contributed by atoms with van der Waals surface area (Å²) in [5.74, 6) is 0. The van der Waals surface area contributed by atoms with E-state index in [0.29, 0.717) is 6.10 Å². The van der Waals surface area contributed by atoms with Gasteiger partial charge in [-0.05, 0) is 19.8 Å². The van der Waals surface area contributed by atoms with E-state index in [-0.39, 0.29) is 6.10 Å². The minimum atomic E-state index is 0.240. The van der Waals surface area contributed by atoms with Gasteiger partial charge in [0.05, 0.1) is 18.8 Å². The van der Waals surface area contributed by atoms with Crippen LogP contribution in [0.3, 0.4) is 0 Å². The van der Waals surface area contributed by atoms with Crippen LogP contribution in [0, 0.1) is 6.61 Å². The second-order valence-corrected chi connectivity index (χ2v) is 2.36. The van der Waals surface area contributed by atoms with Crippen LogP contribution in [-0.4, -0.2) is 19.3 Å². The zero-order valence-electron chi connectivity index (χ0n) is 5.96. The van der Waals surface area contributed by atoms with Gasteiger partial charge >= 0.3 is 0 Å². The summed E-state index contributed by atoms with van der Waals surface area (Å²) in [5, 5.41) is 0. The van der Waals surface area contributed by atoms with Crippen LogP contribution in [0.1, 0.15) is 19.8 Å². The highest BCUT2D eigenvalue weighted by molar-refractivity contribution is 4.74. The maximum absolute atomic E-state index is 5.23. The molecule has 0 saturated carbocycles. The molecule has 0 aromatic rings. The standard InChI is InChI=1S/C7H13O2/c1-6-7(8-2)4-3-5-9-6/h5-7H,3-4H2,1-2H3. The molecule has 0 bridgehead atoms. The van der Waals surface area contributed by atoms with Gasteiger partial charge in [-0.2, -0.15) is 0 Å². The number of rotatable bonds is 1. The van der Waals surface area contributed by atoms with E-state index in [1.165, 1.54) is 0 Å². The molecule has 2 unspecified atom stereocenters. The molecule has 1 radical (unpaired) electrons. The molecule has 0 aromatic carbocycles. The van der Waals surface area contributed by atoms with Crippen molar-refractivity contribution in [2.24, 2.45) is 0 Å². The van der Waals surface area contributed by atoms with E-state index in [0.717, 1.165) is 12.8 Å². The van der Waals surface area contributed by atoms with Gasteiger partial charge < -0.3 is 9.47 Å². The largest absolute Gasteiger partial charge is 0.379 e. The lowest BCUT2D eigenvalue weighted by molar-refractivity contribution is -0.0550. The first-order valence-electron chi connectivity index (χ1n) is 3.34. The molecule has 2 nitrogen and oxygen atoms in total. The SMILES string of the molecule is COC1CC[CH]OC1C. The second-order valence-electron chi connectivity index (χ2n) is 2.36. The molecule has 1 saturated heterocycles. The second kappa shape index (κ2) is 3.18. The molecule has 53 valence electrons. The number of ether oxygens (including phenoxy) is 2. The van der Waals surface area contributed by atoms with Gasteiger partial charge in [0.15, 0.2) is 0 Å². The molecule has 2 atom stereocenters. The maximum Gasteiger partial charge on any atom is 0.0842 e. The first-order chi connectivity index (χ1) is 4.34. The fourth-order valence-corrected chi connectivity index (χ4v) is 1.08. The van der Waals surface area contributed by atoms with Crippen molar-refractivity contribution in [1.29, 1.82) is 0 Å². The van der Waals surface area contributed by atoms with Gasteiger partial charge in [0, 0.05) is 7.11 Å². The van der Waals surface area contributed by atoms with Crippen LogP contribution < -0.4 is 0 Å². The molecule has 0 amide bonds. The minimum Gasteiger partial charge on any atom is -0.379 e. The predicted octanol–water partition coefficient (Wildman–Crippen LogP) is 1.36. The van der Waals surface area contributed by atoms with Crippen LogP contribution in [0.4, 0.5) is 0 Å². The Morgan fingerprint density at radius 1 is 1.67 bits per heavy atom. The van der Waals surface area contributed by atoms with Crippen molar-refractivity contribution in [3.05, 3.63) is 6.61 Å². The third-order valence-electron chi connectivity index (χ3n) is 1.71. The fourth-order valence-electron chi connectivity index (χ4n) is 1.08. The van der Waals surface area contributed by atoms with Crippen molar-refractivity contribution in [2.75, 3.05) is 7.11 Å². The van der Waals surface area contributed by atoms with Gasteiger partial charge in [-0.15, -0.1) is 0 Å². The number of hydrogen-bond donors (Lipinski definition) is 0. The topological polar surface area (TPSA) is 18.5 Å². The summed E-state index contributed by atoms with van der Waals surface area (Å²) >= 11 is 0. The molecular weight excluding hydrogens is 116 g/mol. The Morgan fingerprint density at radius 2 is 2.44 bits per heavy atom. The van der Waals surface area contributed by atoms with Crippen LogP contribution in [0.2, 0.25) is 0 Å². The molecule has 1 aliphatic heterocycles. The van der Waals surface area contributed by atoms with Gasteiger partial charge in [-0.1, -0.05) is 0 Å². The van der Waals surface area contributed by atoms with Crippen LogP contribution in [0.15, 0.2) is 0 Å². The van der Waals surface area contributed by atoms with E-state index < -0.39 is 0 Å². The third kappa shape index (κ3) is 1.66. The van der Waals surface area contributed by atoms with Gasteiger partial charge in [-0.3, -0.25) is 0 Å². The van der Waals surface area contributed by atoms with Crippen molar-refractivity contribution >= 4 is 0 Å². The first-order valence-corrected chi connectivity index (χ1v) is 3.34. The monoisotopic (exact) mass is 129 g/mol. The van der Waals surface area contributed by atoms with Crippen molar-refractivity contribution in [2.45, 2.75) is 32.0 Å². The average molecular weight is 129 g/mol. The van der Waals surface area contributed by atoms with Crippen LogP contribution in [0.5, 0.6) is 0 Å². The summed E-state index contributed by atoms with van der Waals surface area (Å²) in [6, 6.07) is 0. The highest BCUT2D eigenvalue weighted by Crippen LogP contribution is 2.17. The van der Waals surface area contributed by atoms with E-state index in [2.05, 4.69) is 0 Å². The zero-order valence-corrected chi connectivity index (χ0v) is 5.96. The molecule has 0 N–H and O–H groups in total. The Morgan fingerprint density at radius 3 is 2.89 bits per heavy atom. The molecule has 1 rings (SSSR count). The zero-order chi connectivity index (χ0) is 6.69. The molecule has 9 heavy (non-hydrogen) atoms. The average Bonchev–Trinajstić information content (AvgIpc) is 1.89. The predicted molar refractivity (Wildman–Crippen MR) is 34.9 cm³/mol. The highest BCUT2D eigenvalue weighted by atomic mass is 16.5. The lowest BCUT2D eigenvalue weighted by Crippen LogP contribution is -2.31. The van der Waals surface area contributed by atoms with E-state index in [9.17, 15) is 0 Å². The van der Waals surface area contributed by atoms with Gasteiger partial charge in [0.1, 0.15) is 0 Å². The molecule has 0 aliphatic carbocycles. The van der Waals surface area contributed by atoms with E-state index >= 15 is 0 Å². The van der Waals surface area contributed by atoms with Crippen molar-refractivity contribution < 1.29 is 9.47 Å². The molecule has 0 aromatic heterocycles. The van der Waals surface area contributed by atoms with Crippen molar-refractivity contribution in [3.63, 3.8) is 0 Å². The Bertz CT molecular complexity index is 83.0. The normalized spacial score (nSPS) is 36.7. The van der Waals surface area contributed by atoms with Crippen LogP contribution in [-0.2, 0) is 9.47 Å². The van der Waals surface area contributed by atoms with Crippen LogP contribution >= 0.6 is 0 Å². The van der Waals surface area contributed by atoms with E-state index in [4.69, 9.17) is 9.47 Å². The number of hydrogen-bond acceptors (Lipinski definition) is 2. The van der Waals surface area contributed by atoms with Gasteiger partial charge in [-0.25, -0.2) is 0 Å². The molecule has 0 spiro atoms. The Labute approximate surface area is 56.2 Å². The highest BCUT2D eigenvalue weighted by Gasteiger charge is 2.20. The van der Waals surface area contributed by atoms with Gasteiger partial charge in [0.2, 0.25) is 0 Å². The van der Waals surface area contributed by atoms with Crippen molar-refractivity contribution in [3.8, 4) is 0 Å². The van der Waals surface area contributed by atoms with Crippen molar-refractivity contribution in [1.82, 2.24) is 0 Å². The first kappa shape index (κ1) is 7.03. The lowest BCUT2D eigenvalue weighted by atomic mass is 10.1. The summed E-state index contributed by atoms with van der Waals surface area (Å²) < 4.78 is 10.4. The Kier molecular flexibility index (Phi) is 2.49. The summed E-state index contributed by atoms with van der Waals surface area (Å²) in [4.78, 5) is 0. The van der Waals surface area contributed by atoms with Gasteiger partial charge in [0.25, 0.3) is 0 Å². The molecule has 1 aliphatic rings. The molecule has 1 fully saturated rings. The summed E-state index contributed by atoms with van der Waals surface area (Å²) in [5.41, 5.74) is 0.